The molecule has 148 valence electrons. The van der Waals surface area contributed by atoms with Crippen LogP contribution in [0.25, 0.3) is 5.69 Å². The third-order valence-corrected chi connectivity index (χ3v) is 6.23. The van der Waals surface area contributed by atoms with Crippen molar-refractivity contribution in [3.63, 3.8) is 0 Å². The number of thiazole rings is 1. The molecule has 1 aromatic carbocycles. The lowest BCUT2D eigenvalue weighted by Crippen LogP contribution is -2.33. The van der Waals surface area contributed by atoms with Crippen molar-refractivity contribution < 1.29 is 4.74 Å². The molecule has 0 bridgehead atoms. The van der Waals surface area contributed by atoms with Crippen LogP contribution in [0.3, 0.4) is 0 Å². The molecule has 4 rings (SSSR count). The summed E-state index contributed by atoms with van der Waals surface area (Å²) in [5.74, 6) is 1.42. The standard InChI is InChI=1S/C20H26N6OS/c1-2-3-10-25-11-8-16(9-12-25)20-22-17(14-28-20)13-27-19-6-4-18(5-7-19)26-15-21-23-24-26/h4-7,14-16H,2-3,8-13H2,1H3. The van der Waals surface area contributed by atoms with Gasteiger partial charge in [0.25, 0.3) is 0 Å². The molecule has 3 heterocycles. The van der Waals surface area contributed by atoms with Gasteiger partial charge in [-0.3, -0.25) is 0 Å². The Morgan fingerprint density at radius 3 is 2.71 bits per heavy atom. The Balaban J connectivity index is 1.27. The molecule has 0 aliphatic carbocycles. The fourth-order valence-corrected chi connectivity index (χ4v) is 4.47. The van der Waals surface area contributed by atoms with Crippen LogP contribution in [0.2, 0.25) is 0 Å². The zero-order valence-electron chi connectivity index (χ0n) is 16.2. The molecule has 1 fully saturated rings. The van der Waals surface area contributed by atoms with E-state index in [4.69, 9.17) is 9.72 Å². The van der Waals surface area contributed by atoms with E-state index in [1.807, 2.05) is 24.3 Å². The number of nitrogens with zero attached hydrogens (tertiary/aromatic N) is 6. The number of tetrazole rings is 1. The van der Waals surface area contributed by atoms with Gasteiger partial charge in [-0.2, -0.15) is 0 Å². The summed E-state index contributed by atoms with van der Waals surface area (Å²) in [5, 5.41) is 14.6. The van der Waals surface area contributed by atoms with Gasteiger partial charge in [-0.25, -0.2) is 9.67 Å². The fourth-order valence-electron chi connectivity index (χ4n) is 3.49. The molecule has 3 aromatic rings. The van der Waals surface area contributed by atoms with Gasteiger partial charge in [0.2, 0.25) is 0 Å². The minimum Gasteiger partial charge on any atom is -0.487 e. The molecule has 1 saturated heterocycles. The number of aromatic nitrogens is 5. The van der Waals surface area contributed by atoms with E-state index < -0.39 is 0 Å². The Hall–Kier alpha value is -2.32. The maximum atomic E-state index is 5.90. The molecule has 0 unspecified atom stereocenters. The van der Waals surface area contributed by atoms with Crippen LogP contribution in [0.15, 0.2) is 36.0 Å². The maximum absolute atomic E-state index is 5.90. The van der Waals surface area contributed by atoms with E-state index in [1.165, 1.54) is 50.3 Å². The normalized spacial score (nSPS) is 15.8. The van der Waals surface area contributed by atoms with E-state index in [9.17, 15) is 0 Å². The number of hydrogen-bond donors (Lipinski definition) is 0. The van der Waals surface area contributed by atoms with Crippen molar-refractivity contribution in [2.24, 2.45) is 0 Å². The van der Waals surface area contributed by atoms with Crippen LogP contribution in [0.5, 0.6) is 5.75 Å². The van der Waals surface area contributed by atoms with E-state index in [1.54, 1.807) is 22.3 Å². The van der Waals surface area contributed by atoms with Crippen molar-refractivity contribution in [3.8, 4) is 11.4 Å². The number of likely N-dealkylation sites (tertiary alicyclic amines) is 1. The Morgan fingerprint density at radius 2 is 2.00 bits per heavy atom. The summed E-state index contributed by atoms with van der Waals surface area (Å²) in [4.78, 5) is 7.43. The largest absolute Gasteiger partial charge is 0.487 e. The summed E-state index contributed by atoms with van der Waals surface area (Å²) in [5.41, 5.74) is 1.91. The van der Waals surface area contributed by atoms with Crippen LogP contribution in [0, 0.1) is 0 Å². The third-order valence-electron chi connectivity index (χ3n) is 5.17. The molecule has 1 aliphatic heterocycles. The molecule has 2 aromatic heterocycles. The monoisotopic (exact) mass is 398 g/mol. The van der Waals surface area contributed by atoms with Crippen LogP contribution >= 0.6 is 11.3 Å². The van der Waals surface area contributed by atoms with Gasteiger partial charge in [0.1, 0.15) is 18.7 Å². The molecule has 0 amide bonds. The molecular formula is C20H26N6OS. The van der Waals surface area contributed by atoms with Crippen molar-refractivity contribution in [1.82, 2.24) is 30.1 Å². The van der Waals surface area contributed by atoms with Gasteiger partial charge in [0.05, 0.1) is 16.4 Å². The minimum atomic E-state index is 0.496. The van der Waals surface area contributed by atoms with Gasteiger partial charge >= 0.3 is 0 Å². The first-order valence-corrected chi connectivity index (χ1v) is 10.8. The molecule has 0 saturated carbocycles. The molecule has 7 nitrogen and oxygen atoms in total. The number of unbranched alkanes of at least 4 members (excludes halogenated alkanes) is 1. The predicted molar refractivity (Wildman–Crippen MR) is 109 cm³/mol. The Kier molecular flexibility index (Phi) is 6.28. The lowest BCUT2D eigenvalue weighted by atomic mass is 9.97. The summed E-state index contributed by atoms with van der Waals surface area (Å²) >= 11 is 1.78. The number of piperidine rings is 1. The van der Waals surface area contributed by atoms with E-state index in [0.717, 1.165) is 17.1 Å². The summed E-state index contributed by atoms with van der Waals surface area (Å²) in [6, 6.07) is 7.72. The molecule has 8 heteroatoms. The molecule has 28 heavy (non-hydrogen) atoms. The second kappa shape index (κ2) is 9.25. The van der Waals surface area contributed by atoms with E-state index in [-0.39, 0.29) is 0 Å². The third kappa shape index (κ3) is 4.74. The summed E-state index contributed by atoms with van der Waals surface area (Å²) in [7, 11) is 0. The van der Waals surface area contributed by atoms with Crippen molar-refractivity contribution >= 4 is 11.3 Å². The lowest BCUT2D eigenvalue weighted by Gasteiger charge is -2.30. The van der Waals surface area contributed by atoms with Crippen LogP contribution in [-0.2, 0) is 6.61 Å². The highest BCUT2D eigenvalue weighted by Gasteiger charge is 2.22. The van der Waals surface area contributed by atoms with Gasteiger partial charge in [0, 0.05) is 11.3 Å². The zero-order valence-corrected chi connectivity index (χ0v) is 17.0. The molecule has 0 spiro atoms. The lowest BCUT2D eigenvalue weighted by molar-refractivity contribution is 0.209. The van der Waals surface area contributed by atoms with Crippen molar-refractivity contribution in [2.75, 3.05) is 19.6 Å². The second-order valence-corrected chi connectivity index (χ2v) is 8.07. The predicted octanol–water partition coefficient (Wildman–Crippen LogP) is 3.68. The van der Waals surface area contributed by atoms with Gasteiger partial charge in [-0.15, -0.1) is 16.4 Å². The van der Waals surface area contributed by atoms with Crippen LogP contribution < -0.4 is 4.74 Å². The topological polar surface area (TPSA) is 69.0 Å². The Labute approximate surface area is 169 Å². The highest BCUT2D eigenvalue weighted by atomic mass is 32.1. The summed E-state index contributed by atoms with van der Waals surface area (Å²) in [6.45, 7) is 6.39. The van der Waals surface area contributed by atoms with E-state index >= 15 is 0 Å². The van der Waals surface area contributed by atoms with Crippen molar-refractivity contribution in [1.29, 1.82) is 0 Å². The maximum Gasteiger partial charge on any atom is 0.143 e. The van der Waals surface area contributed by atoms with Gasteiger partial charge < -0.3 is 9.64 Å². The zero-order chi connectivity index (χ0) is 19.2. The highest BCUT2D eigenvalue weighted by molar-refractivity contribution is 7.09. The quantitative estimate of drug-likeness (QED) is 0.577. The molecule has 0 atom stereocenters. The summed E-state index contributed by atoms with van der Waals surface area (Å²) < 4.78 is 7.52. The second-order valence-electron chi connectivity index (χ2n) is 7.18. The first kappa shape index (κ1) is 19.0. The smallest absolute Gasteiger partial charge is 0.143 e. The van der Waals surface area contributed by atoms with E-state index in [0.29, 0.717) is 12.5 Å². The van der Waals surface area contributed by atoms with Crippen molar-refractivity contribution in [3.05, 3.63) is 46.7 Å². The summed E-state index contributed by atoms with van der Waals surface area (Å²) in [6.07, 6.45) is 6.59. The average molecular weight is 399 g/mol. The average Bonchev–Trinajstić information content (AvgIpc) is 3.44. The van der Waals surface area contributed by atoms with Crippen LogP contribution in [-0.4, -0.2) is 49.7 Å². The SMILES string of the molecule is CCCCN1CCC(c2nc(COc3ccc(-n4cnnn4)cc3)cs2)CC1. The van der Waals surface area contributed by atoms with Crippen molar-refractivity contribution in [2.45, 2.75) is 45.1 Å². The number of benzene rings is 1. The first-order valence-electron chi connectivity index (χ1n) is 9.94. The Morgan fingerprint density at radius 1 is 1.18 bits per heavy atom. The Bertz CT molecular complexity index is 840. The van der Waals surface area contributed by atoms with Crippen LogP contribution in [0.4, 0.5) is 0 Å². The highest BCUT2D eigenvalue weighted by Crippen LogP contribution is 2.30. The first-order chi connectivity index (χ1) is 13.8. The minimum absolute atomic E-state index is 0.496. The molecule has 1 aliphatic rings. The number of hydrogen-bond acceptors (Lipinski definition) is 7. The van der Waals surface area contributed by atoms with Gasteiger partial charge in [0.15, 0.2) is 0 Å². The number of ether oxygens (including phenoxy) is 1. The number of rotatable bonds is 8. The molecule has 0 N–H and O–H groups in total. The molecular weight excluding hydrogens is 372 g/mol. The van der Waals surface area contributed by atoms with Gasteiger partial charge in [-0.05, 0) is 73.6 Å². The van der Waals surface area contributed by atoms with Gasteiger partial charge in [-0.1, -0.05) is 13.3 Å². The van der Waals surface area contributed by atoms with Crippen LogP contribution in [0.1, 0.15) is 49.2 Å². The van der Waals surface area contributed by atoms with E-state index in [2.05, 4.69) is 32.7 Å². The fraction of sp³-hybridized carbons (Fsp3) is 0.500. The molecule has 0 radical (unpaired) electrons.